The van der Waals surface area contributed by atoms with Gasteiger partial charge in [0.2, 0.25) is 0 Å². The van der Waals surface area contributed by atoms with Crippen molar-refractivity contribution in [2.45, 2.75) is 18.6 Å². The van der Waals surface area contributed by atoms with E-state index in [1.807, 2.05) is 0 Å². The highest BCUT2D eigenvalue weighted by atomic mass is 35.5. The summed E-state index contributed by atoms with van der Waals surface area (Å²) in [6.45, 7) is 0.178. The Morgan fingerprint density at radius 3 is 2.50 bits per heavy atom. The number of hydrogen-bond acceptors (Lipinski definition) is 2. The topological polar surface area (TPSA) is 49.3 Å². The smallest absolute Gasteiger partial charge is 0.320 e. The molecule has 1 saturated heterocycles. The highest BCUT2D eigenvalue weighted by Crippen LogP contribution is 2.09. The molecule has 0 unspecified atom stereocenters. The number of alkyl halides is 1. The van der Waals surface area contributed by atoms with Gasteiger partial charge in [-0.3, -0.25) is 4.79 Å². The fraction of sp³-hybridized carbons (Fsp3) is 0.800. The largest absolute Gasteiger partial charge is 0.480 e. The third kappa shape index (κ3) is 2.11. The van der Waals surface area contributed by atoms with Gasteiger partial charge in [-0.15, -0.1) is 12.4 Å². The van der Waals surface area contributed by atoms with Crippen LogP contribution in [0.15, 0.2) is 0 Å². The number of nitrogens with one attached hydrogen (secondary N) is 1. The number of carboxylic acids is 1. The summed E-state index contributed by atoms with van der Waals surface area (Å²) in [5.74, 6) is -0.963. The molecular formula is C5H9ClFNO2. The number of aliphatic carboxylic acids is 1. The van der Waals surface area contributed by atoms with E-state index >= 15 is 0 Å². The Bertz CT molecular complexity index is 133. The van der Waals surface area contributed by atoms with Crippen molar-refractivity contribution in [1.82, 2.24) is 5.32 Å². The van der Waals surface area contributed by atoms with E-state index in [1.54, 1.807) is 0 Å². The molecule has 0 radical (unpaired) electrons. The Labute approximate surface area is 64.0 Å². The molecule has 1 heterocycles. The normalized spacial score (nSPS) is 31.3. The zero-order chi connectivity index (χ0) is 6.85. The highest BCUT2D eigenvalue weighted by molar-refractivity contribution is 5.85. The molecule has 1 rings (SSSR count). The lowest BCUT2D eigenvalue weighted by molar-refractivity contribution is -0.139. The molecule has 2 N–H and O–H groups in total. The minimum Gasteiger partial charge on any atom is -0.480 e. The van der Waals surface area contributed by atoms with E-state index in [-0.39, 0.29) is 25.4 Å². The number of rotatable bonds is 1. The summed E-state index contributed by atoms with van der Waals surface area (Å²) in [6.07, 6.45) is -0.874. The van der Waals surface area contributed by atoms with Crippen LogP contribution in [-0.2, 0) is 4.79 Å². The average molecular weight is 170 g/mol. The van der Waals surface area contributed by atoms with E-state index in [0.717, 1.165) is 0 Å². The summed E-state index contributed by atoms with van der Waals surface area (Å²) in [7, 11) is 0. The lowest BCUT2D eigenvalue weighted by Crippen LogP contribution is -2.29. The first-order valence-electron chi connectivity index (χ1n) is 2.80. The Kier molecular flexibility index (Phi) is 3.60. The molecule has 0 bridgehead atoms. The predicted octanol–water partition coefficient (Wildman–Crippen LogP) is 0.193. The van der Waals surface area contributed by atoms with Crippen LogP contribution < -0.4 is 5.32 Å². The summed E-state index contributed by atoms with van der Waals surface area (Å²) in [5, 5.41) is 10.8. The molecule has 60 valence electrons. The standard InChI is InChI=1S/C5H8FNO2.ClH/c6-3-1-4(5(8)9)7-2-3;/h3-4,7H,1-2H2,(H,8,9);1H/t3-,4-;/m1./s1. The zero-order valence-electron chi connectivity index (χ0n) is 5.21. The van der Waals surface area contributed by atoms with Crippen LogP contribution in [0.25, 0.3) is 0 Å². The second-order valence-electron chi connectivity index (χ2n) is 2.13. The molecule has 1 aliphatic rings. The van der Waals surface area contributed by atoms with E-state index in [4.69, 9.17) is 5.11 Å². The minimum absolute atomic E-state index is 0. The molecule has 0 aliphatic carbocycles. The van der Waals surface area contributed by atoms with Crippen LogP contribution in [0.5, 0.6) is 0 Å². The van der Waals surface area contributed by atoms with Crippen molar-refractivity contribution < 1.29 is 14.3 Å². The Hall–Kier alpha value is -0.350. The molecule has 0 saturated carbocycles. The third-order valence-corrected chi connectivity index (χ3v) is 1.38. The quantitative estimate of drug-likeness (QED) is 0.589. The summed E-state index contributed by atoms with van der Waals surface area (Å²) in [5.41, 5.74) is 0. The lowest BCUT2D eigenvalue weighted by Gasteiger charge is -1.99. The van der Waals surface area contributed by atoms with Gasteiger partial charge in [-0.05, 0) is 0 Å². The maximum absolute atomic E-state index is 12.2. The van der Waals surface area contributed by atoms with Gasteiger partial charge in [0.1, 0.15) is 12.2 Å². The van der Waals surface area contributed by atoms with E-state index in [0.29, 0.717) is 0 Å². The van der Waals surface area contributed by atoms with Crippen LogP contribution in [0.1, 0.15) is 6.42 Å². The van der Waals surface area contributed by atoms with Gasteiger partial charge in [0.05, 0.1) is 0 Å². The first-order chi connectivity index (χ1) is 4.20. The monoisotopic (exact) mass is 169 g/mol. The zero-order valence-corrected chi connectivity index (χ0v) is 6.03. The minimum atomic E-state index is -0.980. The first-order valence-corrected chi connectivity index (χ1v) is 2.80. The molecule has 0 spiro atoms. The molecule has 5 heteroatoms. The number of hydrogen-bond donors (Lipinski definition) is 2. The molecule has 10 heavy (non-hydrogen) atoms. The van der Waals surface area contributed by atoms with Crippen molar-refractivity contribution in [3.05, 3.63) is 0 Å². The molecule has 2 atom stereocenters. The summed E-state index contributed by atoms with van der Waals surface area (Å²) < 4.78 is 12.2. The number of carbonyl (C=O) groups is 1. The van der Waals surface area contributed by atoms with E-state index in [2.05, 4.69) is 5.32 Å². The fourth-order valence-electron chi connectivity index (χ4n) is 0.881. The molecule has 0 amide bonds. The van der Waals surface area contributed by atoms with Gasteiger partial charge < -0.3 is 10.4 Å². The molecule has 1 fully saturated rings. The molecular weight excluding hydrogens is 161 g/mol. The molecule has 1 aliphatic heterocycles. The van der Waals surface area contributed by atoms with Crippen molar-refractivity contribution in [1.29, 1.82) is 0 Å². The Balaban J connectivity index is 0.000000810. The molecule has 3 nitrogen and oxygen atoms in total. The Morgan fingerprint density at radius 2 is 2.30 bits per heavy atom. The predicted molar refractivity (Wildman–Crippen MR) is 36.2 cm³/mol. The van der Waals surface area contributed by atoms with Gasteiger partial charge in [-0.25, -0.2) is 4.39 Å². The van der Waals surface area contributed by atoms with Gasteiger partial charge in [0.15, 0.2) is 0 Å². The Morgan fingerprint density at radius 1 is 1.70 bits per heavy atom. The second kappa shape index (κ2) is 3.73. The maximum Gasteiger partial charge on any atom is 0.320 e. The third-order valence-electron chi connectivity index (χ3n) is 1.38. The molecule has 0 aromatic carbocycles. The maximum atomic E-state index is 12.2. The van der Waals surface area contributed by atoms with Crippen molar-refractivity contribution in [2.24, 2.45) is 0 Å². The summed E-state index contributed by atoms with van der Waals surface area (Å²) >= 11 is 0. The summed E-state index contributed by atoms with van der Waals surface area (Å²) in [6, 6.07) is -0.667. The van der Waals surface area contributed by atoms with Gasteiger partial charge in [-0.2, -0.15) is 0 Å². The van der Waals surface area contributed by atoms with Crippen LogP contribution >= 0.6 is 12.4 Å². The average Bonchev–Trinajstić information content (AvgIpc) is 2.14. The van der Waals surface area contributed by atoms with Crippen molar-refractivity contribution in [3.63, 3.8) is 0 Å². The highest BCUT2D eigenvalue weighted by Gasteiger charge is 2.28. The lowest BCUT2D eigenvalue weighted by atomic mass is 10.2. The van der Waals surface area contributed by atoms with Crippen LogP contribution in [0, 0.1) is 0 Å². The van der Waals surface area contributed by atoms with Crippen LogP contribution in [0.2, 0.25) is 0 Å². The number of carboxylic acid groups (broad SMARTS) is 1. The van der Waals surface area contributed by atoms with Crippen LogP contribution in [-0.4, -0.2) is 29.8 Å². The van der Waals surface area contributed by atoms with Gasteiger partial charge in [0.25, 0.3) is 0 Å². The van der Waals surface area contributed by atoms with Gasteiger partial charge >= 0.3 is 5.97 Å². The van der Waals surface area contributed by atoms with Crippen molar-refractivity contribution in [3.8, 4) is 0 Å². The first kappa shape index (κ1) is 9.65. The number of halogens is 2. The van der Waals surface area contributed by atoms with Crippen LogP contribution in [0.4, 0.5) is 4.39 Å². The molecule has 0 aromatic rings. The van der Waals surface area contributed by atoms with Crippen molar-refractivity contribution in [2.75, 3.05) is 6.54 Å². The van der Waals surface area contributed by atoms with Gasteiger partial charge in [0, 0.05) is 13.0 Å². The molecule has 0 aromatic heterocycles. The van der Waals surface area contributed by atoms with Crippen LogP contribution in [0.3, 0.4) is 0 Å². The van der Waals surface area contributed by atoms with Crippen molar-refractivity contribution >= 4 is 18.4 Å². The van der Waals surface area contributed by atoms with E-state index in [9.17, 15) is 9.18 Å². The van der Waals surface area contributed by atoms with Gasteiger partial charge in [-0.1, -0.05) is 0 Å². The SMILES string of the molecule is Cl.O=C(O)[C@H]1C[C@@H](F)CN1. The summed E-state index contributed by atoms with van der Waals surface area (Å²) in [4.78, 5) is 10.1. The van der Waals surface area contributed by atoms with E-state index in [1.165, 1.54) is 0 Å². The van der Waals surface area contributed by atoms with E-state index < -0.39 is 18.2 Å². The fourth-order valence-corrected chi connectivity index (χ4v) is 0.881. The second-order valence-corrected chi connectivity index (χ2v) is 2.13.